The summed E-state index contributed by atoms with van der Waals surface area (Å²) in [6.07, 6.45) is 5.04. The first-order valence-corrected chi connectivity index (χ1v) is 17.8. The van der Waals surface area contributed by atoms with Gasteiger partial charge in [0.1, 0.15) is 0 Å². The molecule has 4 aromatic rings. The summed E-state index contributed by atoms with van der Waals surface area (Å²) in [7, 11) is 0. The molecule has 0 radical (unpaired) electrons. The molecule has 0 fully saturated rings. The Morgan fingerprint density at radius 2 is 0.825 bits per heavy atom. The van der Waals surface area contributed by atoms with Crippen molar-refractivity contribution in [1.82, 2.24) is 0 Å². The fourth-order valence-corrected chi connectivity index (χ4v) is 17.8. The summed E-state index contributed by atoms with van der Waals surface area (Å²) >= 11 is -2.68. The van der Waals surface area contributed by atoms with Gasteiger partial charge in [0.2, 0.25) is 0 Å². The van der Waals surface area contributed by atoms with Crippen molar-refractivity contribution in [3.05, 3.63) is 152 Å². The van der Waals surface area contributed by atoms with E-state index in [4.69, 9.17) is 0 Å². The topological polar surface area (TPSA) is 0 Å². The molecule has 0 bridgehead atoms. The number of fused-ring (bicyclic) bond motifs is 2. The first kappa shape index (κ1) is 30.6. The van der Waals surface area contributed by atoms with Gasteiger partial charge in [-0.3, -0.25) is 0 Å². The summed E-state index contributed by atoms with van der Waals surface area (Å²) in [4.78, 5) is 0. The van der Waals surface area contributed by atoms with E-state index in [9.17, 15) is 0 Å². The normalized spacial score (nSPS) is 16.4. The number of benzene rings is 4. The van der Waals surface area contributed by atoms with E-state index in [1.165, 1.54) is 44.5 Å². The fraction of sp³-hybridized carbons (Fsp3) is 0.216. The average Bonchev–Trinajstić information content (AvgIpc) is 3.46. The van der Waals surface area contributed by atoms with Gasteiger partial charge >= 0.3 is 237 Å². The third-order valence-corrected chi connectivity index (χ3v) is 18.3. The predicted octanol–water partition coefficient (Wildman–Crippen LogP) is 3.43. The van der Waals surface area contributed by atoms with Gasteiger partial charge in [0.15, 0.2) is 0 Å². The van der Waals surface area contributed by atoms with Crippen LogP contribution in [0, 0.1) is 27.7 Å². The van der Waals surface area contributed by atoms with Crippen molar-refractivity contribution < 1.29 is 46.1 Å². The van der Waals surface area contributed by atoms with Crippen LogP contribution in [0.5, 0.6) is 0 Å². The van der Waals surface area contributed by atoms with Crippen molar-refractivity contribution in [2.24, 2.45) is 0 Å². The number of hydrogen-bond donors (Lipinski definition) is 0. The molecule has 2 unspecified atom stereocenters. The van der Waals surface area contributed by atoms with Crippen molar-refractivity contribution in [2.75, 3.05) is 0 Å². The van der Waals surface area contributed by atoms with Crippen LogP contribution in [-0.4, -0.2) is 3.21 Å². The van der Waals surface area contributed by atoms with Gasteiger partial charge in [-0.1, -0.05) is 0 Å². The van der Waals surface area contributed by atoms with E-state index < -0.39 is 21.3 Å². The summed E-state index contributed by atoms with van der Waals surface area (Å²) in [5.74, 6) is 0. The number of aryl methyl sites for hydroxylation is 4. The Morgan fingerprint density at radius 3 is 1.20 bits per heavy atom. The minimum Gasteiger partial charge on any atom is -1.00 e. The second-order valence-electron chi connectivity index (χ2n) is 11.3. The Kier molecular flexibility index (Phi) is 9.41. The average molecular weight is 643 g/mol. The van der Waals surface area contributed by atoms with E-state index in [1.54, 1.807) is 25.5 Å². The van der Waals surface area contributed by atoms with Crippen LogP contribution in [0.1, 0.15) is 76.7 Å². The van der Waals surface area contributed by atoms with Crippen molar-refractivity contribution >= 4 is 15.4 Å². The van der Waals surface area contributed by atoms with Crippen LogP contribution in [0.25, 0.3) is 12.2 Å². The molecule has 6 rings (SSSR count). The van der Waals surface area contributed by atoms with Gasteiger partial charge in [-0.05, 0) is 0 Å². The smallest absolute Gasteiger partial charge is 1.00 e. The molecule has 0 amide bonds. The molecule has 2 aliphatic carbocycles. The second kappa shape index (κ2) is 12.3. The minimum atomic E-state index is -2.68. The molecule has 0 nitrogen and oxygen atoms in total. The summed E-state index contributed by atoms with van der Waals surface area (Å²) in [5, 5.41) is 0. The minimum absolute atomic E-state index is 0. The molecule has 40 heavy (non-hydrogen) atoms. The second-order valence-corrected chi connectivity index (χ2v) is 17.6. The molecule has 2 atom stereocenters. The maximum absolute atomic E-state index is 2.68. The predicted molar refractivity (Wildman–Crippen MR) is 161 cm³/mol. The van der Waals surface area contributed by atoms with Crippen LogP contribution in [0.4, 0.5) is 0 Å². The van der Waals surface area contributed by atoms with Crippen molar-refractivity contribution in [3.63, 3.8) is 0 Å². The number of rotatable bonds is 4. The molecule has 0 aliphatic heterocycles. The molecule has 0 spiro atoms. The molecule has 0 saturated heterocycles. The molecule has 3 heteroatoms. The molecule has 4 aromatic carbocycles. The molecule has 0 aromatic heterocycles. The van der Waals surface area contributed by atoms with E-state index in [2.05, 4.69) is 139 Å². The van der Waals surface area contributed by atoms with Crippen LogP contribution in [0.2, 0.25) is 0 Å². The zero-order valence-corrected chi connectivity index (χ0v) is 28.1. The summed E-state index contributed by atoms with van der Waals surface area (Å²) < 4.78 is 2.65. The van der Waals surface area contributed by atoms with E-state index >= 15 is 0 Å². The Hall–Kier alpha value is -2.31. The molecule has 202 valence electrons. The third-order valence-electron chi connectivity index (χ3n) is 8.71. The zero-order valence-electron chi connectivity index (χ0n) is 24.1. The first-order chi connectivity index (χ1) is 18.4. The Labute approximate surface area is 260 Å². The molecule has 0 saturated carbocycles. The SMILES string of the molecule is CC1=Cc2c(C)ccc(C)c2[CH]1[Zr+2](=[C](c1ccccc1)c1ccccc1)[CH]1C(C)=Cc2c(C)ccc(C)c21.[Cl-].[Cl-]. The monoisotopic (exact) mass is 640 g/mol. The van der Waals surface area contributed by atoms with Crippen LogP contribution in [0.3, 0.4) is 0 Å². The van der Waals surface area contributed by atoms with Crippen LogP contribution in [0.15, 0.2) is 96.1 Å². The summed E-state index contributed by atoms with van der Waals surface area (Å²) in [6.45, 7) is 14.1. The molecule has 2 aliphatic rings. The van der Waals surface area contributed by atoms with Crippen LogP contribution < -0.4 is 24.8 Å². The molecule has 0 heterocycles. The third kappa shape index (κ3) is 5.11. The Balaban J connectivity index is 0.00000185. The maximum atomic E-state index is 2.52. The van der Waals surface area contributed by atoms with Crippen molar-refractivity contribution in [3.8, 4) is 0 Å². The van der Waals surface area contributed by atoms with Gasteiger partial charge in [0.05, 0.1) is 0 Å². The van der Waals surface area contributed by atoms with E-state index in [-0.39, 0.29) is 24.8 Å². The largest absolute Gasteiger partial charge is 1.00 e. The van der Waals surface area contributed by atoms with Crippen LogP contribution >= 0.6 is 0 Å². The van der Waals surface area contributed by atoms with E-state index in [0.717, 1.165) is 0 Å². The zero-order chi connectivity index (χ0) is 26.6. The fourth-order valence-electron chi connectivity index (χ4n) is 6.90. The quantitative estimate of drug-likeness (QED) is 0.320. The van der Waals surface area contributed by atoms with Crippen molar-refractivity contribution in [2.45, 2.75) is 48.8 Å². The summed E-state index contributed by atoms with van der Waals surface area (Å²) in [5.41, 5.74) is 17.8. The van der Waals surface area contributed by atoms with Gasteiger partial charge in [-0.2, -0.15) is 0 Å². The number of hydrogen-bond acceptors (Lipinski definition) is 0. The van der Waals surface area contributed by atoms with Gasteiger partial charge in [-0.15, -0.1) is 0 Å². The van der Waals surface area contributed by atoms with Gasteiger partial charge < -0.3 is 24.8 Å². The van der Waals surface area contributed by atoms with Gasteiger partial charge in [0, 0.05) is 0 Å². The summed E-state index contributed by atoms with van der Waals surface area (Å²) in [6, 6.07) is 32.0. The Morgan fingerprint density at radius 1 is 0.475 bits per heavy atom. The van der Waals surface area contributed by atoms with Crippen molar-refractivity contribution in [1.29, 1.82) is 0 Å². The number of allylic oxidation sites excluding steroid dienone is 2. The van der Waals surface area contributed by atoms with Crippen LogP contribution in [-0.2, 0) is 21.3 Å². The standard InChI is InChI=1S/C13H10.2C12H13.2ClH.Zr/c1-3-7-12(8-4-1)11-13-9-5-2-6-10-13;2*1-8-6-11-9(2)4-5-10(3)12(11)7-8;;;/h1-10H;2*4-7H,1-3H3;2*1H;/q;;;;;+2/p-2. The maximum Gasteiger partial charge on any atom is -1.00 e. The first-order valence-electron chi connectivity index (χ1n) is 13.8. The Bertz CT molecular complexity index is 1540. The molecular formula is C37H36Cl2Zr. The van der Waals surface area contributed by atoms with Gasteiger partial charge in [0.25, 0.3) is 0 Å². The van der Waals surface area contributed by atoms with Gasteiger partial charge in [-0.25, -0.2) is 0 Å². The van der Waals surface area contributed by atoms with E-state index in [0.29, 0.717) is 7.25 Å². The van der Waals surface area contributed by atoms with E-state index in [1.807, 2.05) is 0 Å². The molecule has 0 N–H and O–H groups in total. The number of halogens is 2. The molecular weight excluding hydrogens is 607 g/mol.